The molecule has 2 unspecified atom stereocenters. The number of hydrogen-bond acceptors (Lipinski definition) is 4. The van der Waals surface area contributed by atoms with Gasteiger partial charge in [-0.2, -0.15) is 8.78 Å². The molecule has 2 aliphatic heterocycles. The van der Waals surface area contributed by atoms with Gasteiger partial charge in [0.15, 0.2) is 0 Å². The summed E-state index contributed by atoms with van der Waals surface area (Å²) in [5.41, 5.74) is 0. The number of halogens is 2. The third kappa shape index (κ3) is 2.49. The highest BCUT2D eigenvalue weighted by Crippen LogP contribution is 2.31. The molecule has 16 heavy (non-hydrogen) atoms. The normalized spacial score (nSPS) is 35.1. The lowest BCUT2D eigenvalue weighted by atomic mass is 10.1. The maximum absolute atomic E-state index is 12.9. The molecule has 0 bridgehead atoms. The number of rotatable bonds is 2. The second-order valence-corrected chi connectivity index (χ2v) is 4.55. The molecule has 6 heteroatoms. The Morgan fingerprint density at radius 1 is 1.62 bits per heavy atom. The van der Waals surface area contributed by atoms with Crippen molar-refractivity contribution in [1.29, 1.82) is 0 Å². The Kier molecular flexibility index (Phi) is 3.12. The first-order valence-corrected chi connectivity index (χ1v) is 5.52. The van der Waals surface area contributed by atoms with Crippen molar-refractivity contribution in [2.75, 3.05) is 26.2 Å². The molecule has 2 saturated heterocycles. The van der Waals surface area contributed by atoms with Crippen molar-refractivity contribution in [2.24, 2.45) is 0 Å². The Bertz CT molecular complexity index is 286. The molecular weight excluding hydrogens is 218 g/mol. The number of nitrogens with one attached hydrogen (secondary N) is 1. The van der Waals surface area contributed by atoms with Crippen molar-refractivity contribution in [1.82, 2.24) is 10.2 Å². The number of alkyl halides is 2. The van der Waals surface area contributed by atoms with E-state index in [1.165, 1.54) is 0 Å². The first-order valence-electron chi connectivity index (χ1n) is 5.52. The minimum absolute atomic E-state index is 0.353. The van der Waals surface area contributed by atoms with Gasteiger partial charge in [0.25, 0.3) is 0 Å². The molecule has 1 N–H and O–H groups in total. The second-order valence-electron chi connectivity index (χ2n) is 4.55. The van der Waals surface area contributed by atoms with Gasteiger partial charge in [-0.3, -0.25) is 4.90 Å². The molecule has 0 amide bonds. The molecule has 2 fully saturated rings. The molecule has 92 valence electrons. The molecule has 2 aliphatic rings. The highest BCUT2D eigenvalue weighted by molar-refractivity contribution is 5.79. The summed E-state index contributed by atoms with van der Waals surface area (Å²) in [7, 11) is 0. The summed E-state index contributed by atoms with van der Waals surface area (Å²) in [5, 5.41) is 3.26. The van der Waals surface area contributed by atoms with Gasteiger partial charge in [-0.15, -0.1) is 0 Å². The number of ether oxygens (including phenoxy) is 1. The van der Waals surface area contributed by atoms with Gasteiger partial charge >= 0.3 is 11.9 Å². The van der Waals surface area contributed by atoms with E-state index in [0.717, 1.165) is 19.6 Å². The lowest BCUT2D eigenvalue weighted by molar-refractivity contribution is -0.159. The molecule has 4 nitrogen and oxygen atoms in total. The zero-order chi connectivity index (χ0) is 11.8. The van der Waals surface area contributed by atoms with Crippen LogP contribution in [0.5, 0.6) is 0 Å². The van der Waals surface area contributed by atoms with Crippen LogP contribution in [0.3, 0.4) is 0 Å². The molecule has 0 aromatic heterocycles. The first kappa shape index (κ1) is 11.7. The van der Waals surface area contributed by atoms with Gasteiger partial charge in [0.2, 0.25) is 0 Å². The Hall–Kier alpha value is -0.750. The third-order valence-corrected chi connectivity index (χ3v) is 2.97. The summed E-state index contributed by atoms with van der Waals surface area (Å²) in [4.78, 5) is 12.9. The van der Waals surface area contributed by atoms with Crippen molar-refractivity contribution in [3.63, 3.8) is 0 Å². The fourth-order valence-corrected chi connectivity index (χ4v) is 2.22. The average Bonchev–Trinajstić information content (AvgIpc) is 2.40. The van der Waals surface area contributed by atoms with E-state index in [0.29, 0.717) is 12.6 Å². The summed E-state index contributed by atoms with van der Waals surface area (Å²) in [6, 6.07) is 0.353. The SMILES string of the molecule is CC1CN(CC2CC(F)(F)C(=O)O2)CCN1. The monoisotopic (exact) mass is 234 g/mol. The predicted octanol–water partition coefficient (Wildman–Crippen LogP) is 0.231. The molecule has 2 heterocycles. The van der Waals surface area contributed by atoms with E-state index >= 15 is 0 Å². The van der Waals surface area contributed by atoms with Crippen molar-refractivity contribution in [3.8, 4) is 0 Å². The van der Waals surface area contributed by atoms with Crippen LogP contribution in [-0.2, 0) is 9.53 Å². The number of hydrogen-bond donors (Lipinski definition) is 1. The number of cyclic esters (lactones) is 1. The second kappa shape index (κ2) is 4.25. The summed E-state index contributed by atoms with van der Waals surface area (Å²) < 4.78 is 30.5. The van der Waals surface area contributed by atoms with Crippen LogP contribution in [0.25, 0.3) is 0 Å². The van der Waals surface area contributed by atoms with E-state index in [2.05, 4.69) is 15.0 Å². The summed E-state index contributed by atoms with van der Waals surface area (Å²) in [5.74, 6) is -4.66. The van der Waals surface area contributed by atoms with Crippen LogP contribution in [0, 0.1) is 0 Å². The predicted molar refractivity (Wildman–Crippen MR) is 53.3 cm³/mol. The van der Waals surface area contributed by atoms with Crippen molar-refractivity contribution in [3.05, 3.63) is 0 Å². The van der Waals surface area contributed by atoms with Crippen molar-refractivity contribution < 1.29 is 18.3 Å². The lowest BCUT2D eigenvalue weighted by Crippen LogP contribution is -2.51. The smallest absolute Gasteiger partial charge is 0.377 e. The highest BCUT2D eigenvalue weighted by atomic mass is 19.3. The fourth-order valence-electron chi connectivity index (χ4n) is 2.22. The van der Waals surface area contributed by atoms with E-state index in [1.807, 2.05) is 6.92 Å². The van der Waals surface area contributed by atoms with Crippen LogP contribution in [0.2, 0.25) is 0 Å². The lowest BCUT2D eigenvalue weighted by Gasteiger charge is -2.32. The van der Waals surface area contributed by atoms with Gasteiger partial charge in [-0.1, -0.05) is 0 Å². The topological polar surface area (TPSA) is 41.6 Å². The highest BCUT2D eigenvalue weighted by Gasteiger charge is 2.51. The number of carbonyl (C=O) groups is 1. The standard InChI is InChI=1S/C10H16F2N2O2/c1-7-5-14(3-2-13-7)6-8-4-10(11,12)9(15)16-8/h7-8,13H,2-6H2,1H3. The van der Waals surface area contributed by atoms with Crippen LogP contribution >= 0.6 is 0 Å². The number of nitrogens with zero attached hydrogens (tertiary/aromatic N) is 1. The van der Waals surface area contributed by atoms with Crippen LogP contribution in [0.4, 0.5) is 8.78 Å². The van der Waals surface area contributed by atoms with Crippen LogP contribution < -0.4 is 5.32 Å². The summed E-state index contributed by atoms with van der Waals surface area (Å²) in [6.45, 7) is 4.91. The Morgan fingerprint density at radius 2 is 2.38 bits per heavy atom. The molecule has 0 saturated carbocycles. The third-order valence-electron chi connectivity index (χ3n) is 2.97. The zero-order valence-corrected chi connectivity index (χ0v) is 9.21. The number of piperazine rings is 1. The van der Waals surface area contributed by atoms with E-state index in [1.54, 1.807) is 0 Å². The van der Waals surface area contributed by atoms with Crippen LogP contribution in [0.1, 0.15) is 13.3 Å². The largest absolute Gasteiger partial charge is 0.456 e. The number of esters is 1. The van der Waals surface area contributed by atoms with Gasteiger partial charge in [0.05, 0.1) is 6.42 Å². The molecular formula is C10H16F2N2O2. The van der Waals surface area contributed by atoms with E-state index in [4.69, 9.17) is 0 Å². The Morgan fingerprint density at radius 3 is 2.94 bits per heavy atom. The van der Waals surface area contributed by atoms with E-state index < -0.39 is 24.4 Å². The Labute approximate surface area is 92.9 Å². The first-order chi connectivity index (χ1) is 7.47. The van der Waals surface area contributed by atoms with Gasteiger partial charge in [-0.25, -0.2) is 4.79 Å². The van der Waals surface area contributed by atoms with Gasteiger partial charge in [0, 0.05) is 32.2 Å². The minimum atomic E-state index is -3.29. The molecule has 0 radical (unpaired) electrons. The van der Waals surface area contributed by atoms with Gasteiger partial charge in [0.1, 0.15) is 6.10 Å². The van der Waals surface area contributed by atoms with Gasteiger partial charge in [-0.05, 0) is 6.92 Å². The van der Waals surface area contributed by atoms with Crippen molar-refractivity contribution in [2.45, 2.75) is 31.4 Å². The minimum Gasteiger partial charge on any atom is -0.456 e. The van der Waals surface area contributed by atoms with E-state index in [-0.39, 0.29) is 0 Å². The summed E-state index contributed by atoms with van der Waals surface area (Å²) >= 11 is 0. The maximum Gasteiger partial charge on any atom is 0.377 e. The fraction of sp³-hybridized carbons (Fsp3) is 0.900. The van der Waals surface area contributed by atoms with E-state index in [9.17, 15) is 13.6 Å². The molecule has 2 atom stereocenters. The number of carbonyl (C=O) groups excluding carboxylic acids is 1. The average molecular weight is 234 g/mol. The Balaban J connectivity index is 1.85. The van der Waals surface area contributed by atoms with Crippen LogP contribution in [0.15, 0.2) is 0 Å². The molecule has 0 spiro atoms. The zero-order valence-electron chi connectivity index (χ0n) is 9.21. The van der Waals surface area contributed by atoms with Crippen LogP contribution in [-0.4, -0.2) is 55.1 Å². The van der Waals surface area contributed by atoms with Crippen molar-refractivity contribution >= 4 is 5.97 Å². The maximum atomic E-state index is 12.9. The molecule has 0 aromatic rings. The molecule has 0 aromatic carbocycles. The molecule has 0 aliphatic carbocycles. The van der Waals surface area contributed by atoms with Gasteiger partial charge < -0.3 is 10.1 Å². The molecule has 2 rings (SSSR count). The quantitative estimate of drug-likeness (QED) is 0.695. The summed E-state index contributed by atoms with van der Waals surface area (Å²) in [6.07, 6.45) is -1.14.